The first-order valence-electron chi connectivity index (χ1n) is 10.2. The fourth-order valence-electron chi connectivity index (χ4n) is 3.91. The van der Waals surface area contributed by atoms with Crippen molar-refractivity contribution < 1.29 is 14.3 Å². The number of aryl methyl sites for hydroxylation is 1. The van der Waals surface area contributed by atoms with Crippen LogP contribution < -0.4 is 9.64 Å². The molecule has 0 radical (unpaired) electrons. The predicted molar refractivity (Wildman–Crippen MR) is 115 cm³/mol. The Labute approximate surface area is 177 Å². The van der Waals surface area contributed by atoms with Gasteiger partial charge in [0.15, 0.2) is 0 Å². The molecule has 2 aliphatic rings. The van der Waals surface area contributed by atoms with Crippen LogP contribution in [-0.2, 0) is 4.74 Å². The van der Waals surface area contributed by atoms with Gasteiger partial charge in [-0.2, -0.15) is 0 Å². The number of piperazine rings is 1. The molecule has 2 aromatic carbocycles. The zero-order valence-corrected chi connectivity index (χ0v) is 17.5. The molecule has 2 fully saturated rings. The summed E-state index contributed by atoms with van der Waals surface area (Å²) in [7, 11) is 0. The number of nitrogens with zero attached hydrogens (tertiary/aromatic N) is 2. The van der Waals surface area contributed by atoms with Crippen molar-refractivity contribution >= 4 is 23.2 Å². The average Bonchev–Trinajstić information content (AvgIpc) is 3.28. The van der Waals surface area contributed by atoms with Crippen LogP contribution in [-0.4, -0.2) is 56.3 Å². The van der Waals surface area contributed by atoms with Crippen LogP contribution in [0.4, 0.5) is 5.69 Å². The van der Waals surface area contributed by atoms with Gasteiger partial charge in [-0.05, 0) is 61.7 Å². The Morgan fingerprint density at radius 1 is 1.14 bits per heavy atom. The van der Waals surface area contributed by atoms with Gasteiger partial charge >= 0.3 is 0 Å². The van der Waals surface area contributed by atoms with Crippen LogP contribution in [0.3, 0.4) is 0 Å². The number of carbonyl (C=O) groups excluding carboxylic acids is 1. The molecule has 4 rings (SSSR count). The summed E-state index contributed by atoms with van der Waals surface area (Å²) in [6.07, 6.45) is 2.35. The molecular weight excluding hydrogens is 388 g/mol. The second-order valence-corrected chi connectivity index (χ2v) is 8.12. The zero-order valence-electron chi connectivity index (χ0n) is 16.8. The highest BCUT2D eigenvalue weighted by molar-refractivity contribution is 6.30. The normalized spacial score (nSPS) is 19.4. The van der Waals surface area contributed by atoms with E-state index >= 15 is 0 Å². The predicted octanol–water partition coefficient (Wildman–Crippen LogP) is 4.17. The molecule has 1 atom stereocenters. The van der Waals surface area contributed by atoms with Crippen LogP contribution in [0.15, 0.2) is 42.5 Å². The molecule has 2 aliphatic heterocycles. The van der Waals surface area contributed by atoms with E-state index in [1.165, 1.54) is 5.56 Å². The monoisotopic (exact) mass is 414 g/mol. The lowest BCUT2D eigenvalue weighted by Crippen LogP contribution is -2.49. The summed E-state index contributed by atoms with van der Waals surface area (Å²) >= 11 is 6.16. The van der Waals surface area contributed by atoms with Crippen molar-refractivity contribution in [3.63, 3.8) is 0 Å². The van der Waals surface area contributed by atoms with E-state index in [9.17, 15) is 4.79 Å². The number of rotatable bonds is 5. The highest BCUT2D eigenvalue weighted by Gasteiger charge is 2.23. The number of ether oxygens (including phenoxy) is 2. The summed E-state index contributed by atoms with van der Waals surface area (Å²) in [5.74, 6) is 0.844. The second-order valence-electron chi connectivity index (χ2n) is 7.68. The van der Waals surface area contributed by atoms with Crippen LogP contribution in [0, 0.1) is 6.92 Å². The molecule has 0 unspecified atom stereocenters. The number of anilines is 1. The van der Waals surface area contributed by atoms with E-state index in [-0.39, 0.29) is 12.0 Å². The molecule has 0 bridgehead atoms. The third kappa shape index (κ3) is 4.85. The number of amides is 1. The highest BCUT2D eigenvalue weighted by atomic mass is 35.5. The van der Waals surface area contributed by atoms with E-state index in [4.69, 9.17) is 21.1 Å². The maximum atomic E-state index is 12.9. The largest absolute Gasteiger partial charge is 0.491 e. The lowest BCUT2D eigenvalue weighted by Gasteiger charge is -2.37. The third-order valence-corrected chi connectivity index (χ3v) is 5.88. The highest BCUT2D eigenvalue weighted by Crippen LogP contribution is 2.26. The van der Waals surface area contributed by atoms with Crippen LogP contribution in [0.25, 0.3) is 0 Å². The minimum absolute atomic E-state index is 0.0677. The number of hydrogen-bond donors (Lipinski definition) is 0. The maximum absolute atomic E-state index is 12.9. The van der Waals surface area contributed by atoms with Gasteiger partial charge in [0.1, 0.15) is 12.4 Å². The van der Waals surface area contributed by atoms with Crippen molar-refractivity contribution in [2.75, 3.05) is 44.3 Å². The Hall–Kier alpha value is -2.24. The lowest BCUT2D eigenvalue weighted by atomic mass is 10.1. The number of hydrogen-bond acceptors (Lipinski definition) is 4. The van der Waals surface area contributed by atoms with E-state index in [1.54, 1.807) is 0 Å². The molecule has 2 saturated heterocycles. The Bertz CT molecular complexity index is 842. The Balaban J connectivity index is 1.31. The number of carbonyl (C=O) groups is 1. The fraction of sp³-hybridized carbons (Fsp3) is 0.435. The van der Waals surface area contributed by atoms with Gasteiger partial charge in [0.2, 0.25) is 0 Å². The van der Waals surface area contributed by atoms with Crippen molar-refractivity contribution in [2.24, 2.45) is 0 Å². The summed E-state index contributed by atoms with van der Waals surface area (Å²) in [6, 6.07) is 13.4. The molecule has 2 heterocycles. The SMILES string of the molecule is Cc1ccc(Cl)cc1N1CCN(C(=O)c2ccc(OC[C@@H]3CCCO3)cc2)CC1. The van der Waals surface area contributed by atoms with E-state index < -0.39 is 0 Å². The molecule has 0 saturated carbocycles. The van der Waals surface area contributed by atoms with Gasteiger partial charge in [-0.3, -0.25) is 4.79 Å². The molecule has 6 heteroatoms. The first-order valence-corrected chi connectivity index (χ1v) is 10.6. The van der Waals surface area contributed by atoms with Gasteiger partial charge < -0.3 is 19.3 Å². The number of halogens is 1. The van der Waals surface area contributed by atoms with Gasteiger partial charge in [-0.1, -0.05) is 17.7 Å². The van der Waals surface area contributed by atoms with Gasteiger partial charge in [-0.25, -0.2) is 0 Å². The van der Waals surface area contributed by atoms with Crippen molar-refractivity contribution in [1.29, 1.82) is 0 Å². The van der Waals surface area contributed by atoms with E-state index in [0.29, 0.717) is 25.3 Å². The molecule has 5 nitrogen and oxygen atoms in total. The minimum atomic E-state index is 0.0677. The molecule has 29 heavy (non-hydrogen) atoms. The van der Waals surface area contributed by atoms with Gasteiger partial charge in [0, 0.05) is 49.1 Å². The minimum Gasteiger partial charge on any atom is -0.491 e. The van der Waals surface area contributed by atoms with Crippen LogP contribution >= 0.6 is 11.6 Å². The number of benzene rings is 2. The molecular formula is C23H27ClN2O3. The summed E-state index contributed by atoms with van der Waals surface area (Å²) in [5, 5.41) is 0.742. The molecule has 0 N–H and O–H groups in total. The van der Waals surface area contributed by atoms with Gasteiger partial charge in [-0.15, -0.1) is 0 Å². The molecule has 0 aromatic heterocycles. The fourth-order valence-corrected chi connectivity index (χ4v) is 4.08. The first-order chi connectivity index (χ1) is 14.1. The zero-order chi connectivity index (χ0) is 20.2. The Kier molecular flexibility index (Phi) is 6.26. The van der Waals surface area contributed by atoms with E-state index in [1.807, 2.05) is 47.4 Å². The third-order valence-electron chi connectivity index (χ3n) is 5.64. The summed E-state index contributed by atoms with van der Waals surface area (Å²) in [6.45, 7) is 6.48. The molecule has 1 amide bonds. The quantitative estimate of drug-likeness (QED) is 0.736. The van der Waals surface area contributed by atoms with Gasteiger partial charge in [0.25, 0.3) is 5.91 Å². The molecule has 154 valence electrons. The standard InChI is InChI=1S/C23H27ClN2O3/c1-17-4-7-19(24)15-22(17)25-10-12-26(13-11-25)23(27)18-5-8-20(9-6-18)29-16-21-3-2-14-28-21/h4-9,15,21H,2-3,10-14,16H2,1H3/t21-/m0/s1. The van der Waals surface area contributed by atoms with Crippen molar-refractivity contribution in [3.05, 3.63) is 58.6 Å². The summed E-state index contributed by atoms with van der Waals surface area (Å²) in [5.41, 5.74) is 3.05. The average molecular weight is 415 g/mol. The topological polar surface area (TPSA) is 42.0 Å². The maximum Gasteiger partial charge on any atom is 0.253 e. The van der Waals surface area contributed by atoms with Gasteiger partial charge in [0.05, 0.1) is 6.10 Å². The Morgan fingerprint density at radius 2 is 1.90 bits per heavy atom. The summed E-state index contributed by atoms with van der Waals surface area (Å²) in [4.78, 5) is 17.1. The van der Waals surface area contributed by atoms with Crippen molar-refractivity contribution in [3.8, 4) is 5.75 Å². The van der Waals surface area contributed by atoms with Crippen LogP contribution in [0.2, 0.25) is 5.02 Å². The lowest BCUT2D eigenvalue weighted by molar-refractivity contribution is 0.0678. The van der Waals surface area contributed by atoms with Crippen molar-refractivity contribution in [2.45, 2.75) is 25.9 Å². The molecule has 0 aliphatic carbocycles. The molecule has 2 aromatic rings. The van der Waals surface area contributed by atoms with Crippen LogP contribution in [0.1, 0.15) is 28.8 Å². The van der Waals surface area contributed by atoms with Crippen LogP contribution in [0.5, 0.6) is 5.75 Å². The van der Waals surface area contributed by atoms with E-state index in [2.05, 4.69) is 11.8 Å². The molecule has 0 spiro atoms. The second kappa shape index (κ2) is 9.06. The Morgan fingerprint density at radius 3 is 2.59 bits per heavy atom. The smallest absolute Gasteiger partial charge is 0.253 e. The van der Waals surface area contributed by atoms with Crippen molar-refractivity contribution in [1.82, 2.24) is 4.90 Å². The van der Waals surface area contributed by atoms with E-state index in [0.717, 1.165) is 49.0 Å². The summed E-state index contributed by atoms with van der Waals surface area (Å²) < 4.78 is 11.4. The first kappa shape index (κ1) is 20.0.